The van der Waals surface area contributed by atoms with Crippen LogP contribution in [0.1, 0.15) is 17.2 Å². The molecule has 112 valence electrons. The summed E-state index contributed by atoms with van der Waals surface area (Å²) < 4.78 is 6.34. The van der Waals surface area contributed by atoms with Crippen LogP contribution in [-0.2, 0) is 6.42 Å². The molecule has 0 fully saturated rings. The molecule has 0 saturated carbocycles. The van der Waals surface area contributed by atoms with E-state index in [1.54, 1.807) is 13.2 Å². The van der Waals surface area contributed by atoms with Crippen molar-refractivity contribution < 1.29 is 4.74 Å². The van der Waals surface area contributed by atoms with Gasteiger partial charge in [0.1, 0.15) is 5.75 Å². The summed E-state index contributed by atoms with van der Waals surface area (Å²) in [6, 6.07) is 11.6. The van der Waals surface area contributed by atoms with Crippen molar-refractivity contribution in [2.75, 3.05) is 14.2 Å². The van der Waals surface area contributed by atoms with Crippen LogP contribution >= 0.6 is 39.1 Å². The first-order chi connectivity index (χ1) is 10.0. The lowest BCUT2D eigenvalue weighted by Crippen LogP contribution is -2.19. The van der Waals surface area contributed by atoms with Crippen molar-refractivity contribution in [3.05, 3.63) is 62.0 Å². The van der Waals surface area contributed by atoms with Crippen LogP contribution in [0.5, 0.6) is 5.75 Å². The van der Waals surface area contributed by atoms with E-state index >= 15 is 0 Å². The first kappa shape index (κ1) is 16.6. The molecule has 0 amide bonds. The number of rotatable bonds is 5. The van der Waals surface area contributed by atoms with Gasteiger partial charge in [-0.1, -0.05) is 45.2 Å². The van der Waals surface area contributed by atoms with Gasteiger partial charge >= 0.3 is 0 Å². The molecule has 0 radical (unpaired) electrons. The van der Waals surface area contributed by atoms with Crippen LogP contribution in [0.3, 0.4) is 0 Å². The summed E-state index contributed by atoms with van der Waals surface area (Å²) in [5.74, 6) is 0.829. The second-order valence-electron chi connectivity index (χ2n) is 4.67. The summed E-state index contributed by atoms with van der Waals surface area (Å²) in [6.07, 6.45) is 0.762. The molecule has 1 N–H and O–H groups in total. The summed E-state index contributed by atoms with van der Waals surface area (Å²) in [4.78, 5) is 0. The lowest BCUT2D eigenvalue weighted by Gasteiger charge is -2.20. The van der Waals surface area contributed by atoms with Crippen molar-refractivity contribution in [3.63, 3.8) is 0 Å². The van der Waals surface area contributed by atoms with E-state index < -0.39 is 0 Å². The van der Waals surface area contributed by atoms with E-state index in [0.717, 1.165) is 27.8 Å². The fourth-order valence-electron chi connectivity index (χ4n) is 2.19. The Morgan fingerprint density at radius 2 is 1.95 bits per heavy atom. The second-order valence-corrected chi connectivity index (χ2v) is 6.37. The highest BCUT2D eigenvalue weighted by molar-refractivity contribution is 9.10. The van der Waals surface area contributed by atoms with Crippen molar-refractivity contribution in [2.45, 2.75) is 12.5 Å². The minimum Gasteiger partial charge on any atom is -0.497 e. The molecule has 2 nitrogen and oxygen atoms in total. The predicted octanol–water partition coefficient (Wildman–Crippen LogP) is 5.27. The Bertz CT molecular complexity index is 634. The average molecular weight is 389 g/mol. The van der Waals surface area contributed by atoms with Crippen LogP contribution in [0.2, 0.25) is 10.0 Å². The zero-order chi connectivity index (χ0) is 15.4. The number of likely N-dealkylation sites (N-methyl/N-ethyl adjacent to an activating group) is 1. The summed E-state index contributed by atoms with van der Waals surface area (Å²) >= 11 is 15.8. The molecule has 0 aromatic heterocycles. The maximum Gasteiger partial charge on any atom is 0.119 e. The normalized spacial score (nSPS) is 12.2. The van der Waals surface area contributed by atoms with Crippen molar-refractivity contribution in [1.82, 2.24) is 5.32 Å². The molecule has 5 heteroatoms. The lowest BCUT2D eigenvalue weighted by atomic mass is 9.98. The maximum absolute atomic E-state index is 6.27. The van der Waals surface area contributed by atoms with Crippen molar-refractivity contribution >= 4 is 39.1 Å². The molecule has 0 spiro atoms. The summed E-state index contributed by atoms with van der Waals surface area (Å²) in [7, 11) is 3.60. The predicted molar refractivity (Wildman–Crippen MR) is 92.7 cm³/mol. The first-order valence-electron chi connectivity index (χ1n) is 6.49. The van der Waals surface area contributed by atoms with Gasteiger partial charge in [-0.25, -0.2) is 0 Å². The van der Waals surface area contributed by atoms with Gasteiger partial charge in [-0.3, -0.25) is 0 Å². The van der Waals surface area contributed by atoms with E-state index in [-0.39, 0.29) is 6.04 Å². The molecule has 2 aromatic rings. The van der Waals surface area contributed by atoms with Gasteiger partial charge in [-0.2, -0.15) is 0 Å². The Labute approximate surface area is 143 Å². The summed E-state index contributed by atoms with van der Waals surface area (Å²) in [6.45, 7) is 0. The topological polar surface area (TPSA) is 21.3 Å². The molecule has 0 aliphatic heterocycles. The third-order valence-electron chi connectivity index (χ3n) is 3.37. The third-order valence-corrected chi connectivity index (χ3v) is 4.68. The molecule has 1 atom stereocenters. The van der Waals surface area contributed by atoms with Crippen molar-refractivity contribution in [2.24, 2.45) is 0 Å². The van der Waals surface area contributed by atoms with Gasteiger partial charge in [0.25, 0.3) is 0 Å². The molecule has 0 aliphatic carbocycles. The van der Waals surface area contributed by atoms with Crippen molar-refractivity contribution in [1.29, 1.82) is 0 Å². The Morgan fingerprint density at radius 3 is 2.57 bits per heavy atom. The van der Waals surface area contributed by atoms with Gasteiger partial charge in [-0.15, -0.1) is 0 Å². The van der Waals surface area contributed by atoms with E-state index in [2.05, 4.69) is 21.2 Å². The largest absolute Gasteiger partial charge is 0.497 e. The van der Waals surface area contributed by atoms with Crippen LogP contribution in [-0.4, -0.2) is 14.2 Å². The smallest absolute Gasteiger partial charge is 0.119 e. The fourth-order valence-corrected chi connectivity index (χ4v) is 3.20. The fraction of sp³-hybridized carbons (Fsp3) is 0.250. The molecule has 0 aliphatic rings. The molecule has 0 saturated heterocycles. The molecule has 0 bridgehead atoms. The Kier molecular flexibility index (Phi) is 5.94. The van der Waals surface area contributed by atoms with Crippen LogP contribution in [0.25, 0.3) is 0 Å². The highest BCUT2D eigenvalue weighted by Gasteiger charge is 2.16. The molecule has 0 heterocycles. The second kappa shape index (κ2) is 7.50. The quantitative estimate of drug-likeness (QED) is 0.753. The van der Waals surface area contributed by atoms with Gasteiger partial charge in [0, 0.05) is 20.6 Å². The van der Waals surface area contributed by atoms with E-state index in [9.17, 15) is 0 Å². The van der Waals surface area contributed by atoms with Crippen LogP contribution in [0.15, 0.2) is 40.9 Å². The molecule has 21 heavy (non-hydrogen) atoms. The van der Waals surface area contributed by atoms with Gasteiger partial charge in [0.2, 0.25) is 0 Å². The zero-order valence-corrected chi connectivity index (χ0v) is 14.9. The van der Waals surface area contributed by atoms with Gasteiger partial charge in [0.05, 0.1) is 7.11 Å². The summed E-state index contributed by atoms with van der Waals surface area (Å²) in [5.41, 5.74) is 2.18. The van der Waals surface area contributed by atoms with Crippen molar-refractivity contribution in [3.8, 4) is 5.75 Å². The van der Waals surface area contributed by atoms with E-state index in [1.807, 2.05) is 37.4 Å². The number of benzene rings is 2. The third kappa shape index (κ3) is 4.13. The highest BCUT2D eigenvalue weighted by Crippen LogP contribution is 2.31. The zero-order valence-electron chi connectivity index (χ0n) is 11.8. The van der Waals surface area contributed by atoms with E-state index in [1.165, 1.54) is 0 Å². The number of ether oxygens (including phenoxy) is 1. The molecule has 2 rings (SSSR count). The molecular weight excluding hydrogens is 373 g/mol. The number of hydrogen-bond acceptors (Lipinski definition) is 2. The monoisotopic (exact) mass is 387 g/mol. The Balaban J connectivity index is 2.31. The van der Waals surface area contributed by atoms with Crippen LogP contribution < -0.4 is 10.1 Å². The summed E-state index contributed by atoms with van der Waals surface area (Å²) in [5, 5.41) is 4.65. The number of halogens is 3. The number of hydrogen-bond donors (Lipinski definition) is 1. The average Bonchev–Trinajstić information content (AvgIpc) is 2.47. The molecule has 1 unspecified atom stereocenters. The standard InChI is InChI=1S/C16H16BrCl2NO/c1-20-16(7-10-3-4-11(18)8-15(10)19)13-9-12(21-2)5-6-14(13)17/h3-6,8-9,16,20H,7H2,1-2H3. The van der Waals surface area contributed by atoms with Crippen LogP contribution in [0, 0.1) is 0 Å². The molecule has 2 aromatic carbocycles. The van der Waals surface area contributed by atoms with E-state index in [0.29, 0.717) is 10.0 Å². The number of nitrogens with one attached hydrogen (secondary N) is 1. The van der Waals surface area contributed by atoms with E-state index in [4.69, 9.17) is 27.9 Å². The minimum atomic E-state index is 0.119. The minimum absolute atomic E-state index is 0.119. The maximum atomic E-state index is 6.27. The van der Waals surface area contributed by atoms with Gasteiger partial charge in [-0.05, 0) is 54.9 Å². The van der Waals surface area contributed by atoms with Gasteiger partial charge in [0.15, 0.2) is 0 Å². The molecular formula is C16H16BrCl2NO. The SMILES string of the molecule is CNC(Cc1ccc(Cl)cc1Cl)c1cc(OC)ccc1Br. The number of methoxy groups -OCH3 is 1. The first-order valence-corrected chi connectivity index (χ1v) is 8.04. The lowest BCUT2D eigenvalue weighted by molar-refractivity contribution is 0.413. The highest BCUT2D eigenvalue weighted by atomic mass is 79.9. The van der Waals surface area contributed by atoms with Crippen LogP contribution in [0.4, 0.5) is 0 Å². The Morgan fingerprint density at radius 1 is 1.19 bits per heavy atom. The Hall–Kier alpha value is -0.740. The van der Waals surface area contributed by atoms with Gasteiger partial charge < -0.3 is 10.1 Å².